The Morgan fingerprint density at radius 2 is 0.515 bits per heavy atom. The molecule has 0 bridgehead atoms. The van der Waals surface area contributed by atoms with Gasteiger partial charge in [0.2, 0.25) is 0 Å². The summed E-state index contributed by atoms with van der Waals surface area (Å²) in [4.78, 5) is 16.7. The number of aromatic nitrogens is 8. The van der Waals surface area contributed by atoms with Crippen molar-refractivity contribution in [2.24, 2.45) is 23.7 Å². The molecule has 12 nitrogen and oxygen atoms in total. The van der Waals surface area contributed by atoms with Gasteiger partial charge in [-0.3, -0.25) is 0 Å². The summed E-state index contributed by atoms with van der Waals surface area (Å²) >= 11 is 0. The molecule has 0 fully saturated rings. The predicted molar refractivity (Wildman–Crippen MR) is 267 cm³/mol. The number of aliphatic hydroxyl groups excluding tert-OH is 4. The van der Waals surface area contributed by atoms with Gasteiger partial charge < -0.3 is 38.7 Å². The van der Waals surface area contributed by atoms with Gasteiger partial charge in [-0.2, -0.15) is 0 Å². The van der Waals surface area contributed by atoms with Crippen molar-refractivity contribution in [3.8, 4) is 45.0 Å². The van der Waals surface area contributed by atoms with Crippen LogP contribution in [0.15, 0.2) is 147 Å². The first kappa shape index (κ1) is 46.7. The molecular formula is C56H64N8O4. The van der Waals surface area contributed by atoms with Gasteiger partial charge in [-0.05, 0) is 45.9 Å². The first-order chi connectivity index (χ1) is 32.8. The molecule has 0 saturated carbocycles. The summed E-state index contributed by atoms with van der Waals surface area (Å²) < 4.78 is 8.31. The van der Waals surface area contributed by atoms with Crippen LogP contribution < -0.4 is 0 Å². The van der Waals surface area contributed by atoms with Crippen LogP contribution in [-0.2, 0) is 0 Å². The minimum Gasteiger partial charge on any atom is -0.390 e. The summed E-state index contributed by atoms with van der Waals surface area (Å²) in [6.45, 7) is 16.4. The van der Waals surface area contributed by atoms with Crippen LogP contribution in [0.5, 0.6) is 0 Å². The standard InChI is InChI=1S/4C14H16N2O/c4*1-9(2)14(17)13-11-6-4-3-5-10(11)12-7-15-8-16(12)13/h4*3-9,13-14,17H,1-2H3/t2*13-,14+;2*13-,14-/m1010/s1. The van der Waals surface area contributed by atoms with Gasteiger partial charge in [0.05, 0.1) is 121 Å². The number of rotatable bonds is 8. The number of nitrogens with zero attached hydrogens (tertiary/aromatic N) is 8. The fourth-order valence-electron chi connectivity index (χ4n) is 10.3. The summed E-state index contributed by atoms with van der Waals surface area (Å²) in [5, 5.41) is 41.6. The Bertz CT molecular complexity index is 2580. The Morgan fingerprint density at radius 3 is 0.706 bits per heavy atom. The number of imidazole rings is 4. The smallest absolute Gasteiger partial charge is 0.0957 e. The first-order valence-corrected chi connectivity index (χ1v) is 24.0. The largest absolute Gasteiger partial charge is 0.390 e. The Labute approximate surface area is 399 Å². The molecule has 8 heterocycles. The molecule has 4 aromatic heterocycles. The van der Waals surface area contributed by atoms with Gasteiger partial charge in [-0.15, -0.1) is 0 Å². The zero-order chi connectivity index (χ0) is 48.0. The summed E-state index contributed by atoms with van der Waals surface area (Å²) in [5.41, 5.74) is 14.0. The maximum absolute atomic E-state index is 10.4. The number of hydrogen-bond donors (Lipinski definition) is 4. The van der Waals surface area contributed by atoms with Gasteiger partial charge in [0.25, 0.3) is 0 Å². The average Bonchev–Trinajstić information content (AvgIpc) is 4.20. The van der Waals surface area contributed by atoms with E-state index in [1.807, 2.05) is 154 Å². The lowest BCUT2D eigenvalue weighted by Gasteiger charge is -2.24. The minimum atomic E-state index is -0.383. The number of benzene rings is 4. The zero-order valence-corrected chi connectivity index (χ0v) is 40.2. The van der Waals surface area contributed by atoms with Gasteiger partial charge in [-0.1, -0.05) is 152 Å². The highest BCUT2D eigenvalue weighted by Gasteiger charge is 2.38. The molecule has 4 aliphatic rings. The first-order valence-electron chi connectivity index (χ1n) is 24.0. The third-order valence-corrected chi connectivity index (χ3v) is 14.1. The van der Waals surface area contributed by atoms with Crippen molar-refractivity contribution in [3.63, 3.8) is 0 Å². The lowest BCUT2D eigenvalue weighted by atomic mass is 9.93. The van der Waals surface area contributed by atoms with Crippen LogP contribution in [0.2, 0.25) is 0 Å². The van der Waals surface area contributed by atoms with E-state index in [1.54, 1.807) is 0 Å². The van der Waals surface area contributed by atoms with Crippen LogP contribution in [0.1, 0.15) is 102 Å². The third kappa shape index (κ3) is 8.23. The molecule has 0 unspecified atom stereocenters. The SMILES string of the molecule is CC(C)[C@@H](O)[C@@H]1c2ccccc2-c2cncn21.CC(C)[C@@H](O)[C@H]1c2ccccc2-c2cncn21.CC(C)[C@H](O)[C@@H]1c2ccccc2-c2cncn21.CC(C)[C@H](O)[C@H]1c2ccccc2-c2cncn21. The van der Waals surface area contributed by atoms with Gasteiger partial charge in [0.1, 0.15) is 0 Å². The molecule has 68 heavy (non-hydrogen) atoms. The number of fused-ring (bicyclic) bond motifs is 12. The molecule has 4 aromatic carbocycles. The van der Waals surface area contributed by atoms with E-state index >= 15 is 0 Å². The lowest BCUT2D eigenvalue weighted by molar-refractivity contribution is 0.0878. The highest BCUT2D eigenvalue weighted by atomic mass is 16.3. The van der Waals surface area contributed by atoms with E-state index in [0.29, 0.717) is 0 Å². The number of hydrogen-bond acceptors (Lipinski definition) is 8. The Balaban J connectivity index is 0.000000113. The van der Waals surface area contributed by atoms with E-state index in [4.69, 9.17) is 0 Å². The van der Waals surface area contributed by atoms with Crippen molar-refractivity contribution >= 4 is 0 Å². The van der Waals surface area contributed by atoms with Crippen LogP contribution in [0, 0.1) is 23.7 Å². The molecule has 4 N–H and O–H groups in total. The maximum atomic E-state index is 10.4. The molecule has 352 valence electrons. The van der Waals surface area contributed by atoms with E-state index in [-0.39, 0.29) is 72.3 Å². The van der Waals surface area contributed by atoms with Gasteiger partial charge in [-0.25, -0.2) is 19.9 Å². The van der Waals surface area contributed by atoms with Crippen LogP contribution in [0.4, 0.5) is 0 Å². The molecule has 8 aromatic rings. The Kier molecular flexibility index (Phi) is 13.2. The van der Waals surface area contributed by atoms with Crippen LogP contribution in [0.3, 0.4) is 0 Å². The molecular weight excluding hydrogens is 849 g/mol. The second-order valence-electron chi connectivity index (χ2n) is 19.8. The highest BCUT2D eigenvalue weighted by molar-refractivity contribution is 5.72. The molecule has 0 spiro atoms. The molecule has 0 saturated heterocycles. The van der Waals surface area contributed by atoms with Crippen LogP contribution >= 0.6 is 0 Å². The summed E-state index contributed by atoms with van der Waals surface area (Å²) in [6, 6.07) is 33.0. The molecule has 12 heteroatoms. The molecule has 0 amide bonds. The van der Waals surface area contributed by atoms with Gasteiger partial charge in [0, 0.05) is 22.3 Å². The predicted octanol–water partition coefficient (Wildman–Crippen LogP) is 9.88. The van der Waals surface area contributed by atoms with Gasteiger partial charge >= 0.3 is 0 Å². The molecule has 8 atom stereocenters. The fraction of sp³-hybridized carbons (Fsp3) is 0.357. The van der Waals surface area contributed by atoms with Crippen molar-refractivity contribution in [1.29, 1.82) is 0 Å². The fourth-order valence-corrected chi connectivity index (χ4v) is 10.3. The minimum absolute atomic E-state index is 0.00343. The Hall–Kier alpha value is -6.44. The quantitative estimate of drug-likeness (QED) is 0.118. The lowest BCUT2D eigenvalue weighted by Crippen LogP contribution is -2.27. The molecule has 0 radical (unpaired) electrons. The van der Waals surface area contributed by atoms with Crippen LogP contribution in [0.25, 0.3) is 45.0 Å². The summed E-state index contributed by atoms with van der Waals surface area (Å²) in [6.07, 6.45) is 13.2. The van der Waals surface area contributed by atoms with Gasteiger partial charge in [0.15, 0.2) is 0 Å². The zero-order valence-electron chi connectivity index (χ0n) is 40.2. The van der Waals surface area contributed by atoms with E-state index in [0.717, 1.165) is 22.8 Å². The van der Waals surface area contributed by atoms with E-state index in [9.17, 15) is 20.4 Å². The highest BCUT2D eigenvalue weighted by Crippen LogP contribution is 2.45. The van der Waals surface area contributed by atoms with E-state index in [2.05, 4.69) is 86.7 Å². The maximum Gasteiger partial charge on any atom is 0.0957 e. The Morgan fingerprint density at radius 1 is 0.324 bits per heavy atom. The second kappa shape index (κ2) is 19.3. The second-order valence-corrected chi connectivity index (χ2v) is 19.8. The normalized spacial score (nSPS) is 19.2. The summed E-state index contributed by atoms with van der Waals surface area (Å²) in [7, 11) is 0. The van der Waals surface area contributed by atoms with Crippen molar-refractivity contribution in [3.05, 3.63) is 169 Å². The van der Waals surface area contributed by atoms with E-state index in [1.165, 1.54) is 44.5 Å². The van der Waals surface area contributed by atoms with Crippen molar-refractivity contribution in [2.45, 2.75) is 104 Å². The van der Waals surface area contributed by atoms with E-state index < -0.39 is 0 Å². The summed E-state index contributed by atoms with van der Waals surface area (Å²) in [5.74, 6) is 0.894. The van der Waals surface area contributed by atoms with Crippen molar-refractivity contribution < 1.29 is 20.4 Å². The third-order valence-electron chi connectivity index (χ3n) is 14.1. The molecule has 4 aliphatic heterocycles. The average molecular weight is 913 g/mol. The molecule has 0 aliphatic carbocycles. The van der Waals surface area contributed by atoms with Crippen molar-refractivity contribution in [2.75, 3.05) is 0 Å². The topological polar surface area (TPSA) is 152 Å². The van der Waals surface area contributed by atoms with Crippen LogP contribution in [-0.4, -0.2) is 83.0 Å². The molecule has 12 rings (SSSR count). The number of aliphatic hydroxyl groups is 4. The monoisotopic (exact) mass is 913 g/mol. The van der Waals surface area contributed by atoms with Crippen molar-refractivity contribution in [1.82, 2.24) is 38.2 Å².